The highest BCUT2D eigenvalue weighted by atomic mass is 16.4. The van der Waals surface area contributed by atoms with Crippen LogP contribution in [0.4, 0.5) is 0 Å². The van der Waals surface area contributed by atoms with Gasteiger partial charge in [-0.2, -0.15) is 0 Å². The Bertz CT molecular complexity index is 2260. The maximum atomic E-state index is 10.4. The van der Waals surface area contributed by atoms with Crippen LogP contribution >= 0.6 is 0 Å². The van der Waals surface area contributed by atoms with Gasteiger partial charge < -0.3 is 137 Å². The average molecular weight is 1410 g/mol. The smallest absolute Gasteiger partial charge is 0.320 e. The third-order valence-corrected chi connectivity index (χ3v) is 12.7. The van der Waals surface area contributed by atoms with Crippen LogP contribution in [0.3, 0.4) is 0 Å². The molecule has 0 bridgehead atoms. The number of carboxylic acid groups (broad SMARTS) is 10. The van der Waals surface area contributed by atoms with Crippen molar-refractivity contribution in [1.29, 1.82) is 0 Å². The van der Waals surface area contributed by atoms with Crippen LogP contribution in [0.5, 0.6) is 0 Å². The molecule has 0 amide bonds. The van der Waals surface area contributed by atoms with Crippen molar-refractivity contribution >= 4 is 65.7 Å². The van der Waals surface area contributed by atoms with Gasteiger partial charge in [0.2, 0.25) is 0 Å². The van der Waals surface area contributed by atoms with Gasteiger partial charge in [0.05, 0.1) is 6.54 Å². The minimum Gasteiger partial charge on any atom is -0.480 e. The maximum Gasteiger partial charge on any atom is 0.320 e. The Hall–Kier alpha value is -8.11. The van der Waals surface area contributed by atoms with Gasteiger partial charge in [0.25, 0.3) is 0 Å². The molecule has 0 saturated carbocycles. The van der Waals surface area contributed by atoms with E-state index in [4.69, 9.17) is 131 Å². The summed E-state index contributed by atoms with van der Waals surface area (Å²) in [5.41, 5.74) is 79.5. The van der Waals surface area contributed by atoms with Gasteiger partial charge in [0.1, 0.15) is 54.4 Å². The Morgan fingerprint density at radius 1 is 0.367 bits per heavy atom. The monoisotopic (exact) mass is 1410 g/mol. The number of guanidine groups is 1. The summed E-state index contributed by atoms with van der Waals surface area (Å²) in [5, 5.41) is 83.0. The number of unbranched alkanes of at least 4 members (excludes halogenated alkanes) is 3. The normalized spacial score (nSPS) is 13.2. The van der Waals surface area contributed by atoms with Crippen molar-refractivity contribution in [2.24, 2.45) is 109 Å². The van der Waals surface area contributed by atoms with Crippen LogP contribution in [0.15, 0.2) is 65.7 Å². The van der Waals surface area contributed by atoms with E-state index in [9.17, 15) is 47.9 Å². The molecule has 570 valence electrons. The van der Waals surface area contributed by atoms with Crippen LogP contribution in [0, 0.1) is 17.8 Å². The lowest BCUT2D eigenvalue weighted by Crippen LogP contribution is -2.36. The molecular formula is C62H122N16O20. The second-order valence-electron chi connectivity index (χ2n) is 22.0. The summed E-state index contributed by atoms with van der Waals surface area (Å²) in [6.45, 7) is 13.4. The summed E-state index contributed by atoms with van der Waals surface area (Å²) in [4.78, 5) is 105. The van der Waals surface area contributed by atoms with Crippen LogP contribution in [-0.4, -0.2) is 204 Å². The number of benzene rings is 2. The molecule has 36 nitrogen and oxygen atoms in total. The van der Waals surface area contributed by atoms with Crippen LogP contribution < -0.4 is 86.0 Å². The minimum absolute atomic E-state index is 0.0129. The van der Waals surface area contributed by atoms with Gasteiger partial charge in [-0.05, 0) is 119 Å². The standard InChI is InChI=1S/2C9H11NO2.C6H14N4O2.3C6H14N2O2.3C6H13NO2.C2H5NO2/c2*10-8(9(11)12)6-7-4-2-1-3-5-7;7-4(5(11)12)2-1-3-10-6(8)9;3*7-4-2-1-3-5(8)6(9)10;1-4(2)3-5(7)6(8)9;2*1-3-4(2)5(7)6(8)9;3-1-2(4)5/h2*1-5,8H,6,10H2,(H,11,12);4H,1-3,7H2,(H,11,12)(H4,8,9,10);3*5H,1-4,7-8H2,(H,9,10);3*4-5H,3,7H2,1-2H3,(H,8,9);1,3H2,(H,4,5)/t2*8-;4-;4*5-;2*4-,5-;/m000000000./s1. The zero-order chi connectivity index (χ0) is 78.1. The van der Waals surface area contributed by atoms with Gasteiger partial charge in [-0.3, -0.25) is 52.9 Å². The number of hydrogen-bond donors (Lipinski definition) is 25. The zero-order valence-corrected chi connectivity index (χ0v) is 57.7. The van der Waals surface area contributed by atoms with Gasteiger partial charge in [-0.25, -0.2) is 0 Å². The number of nitrogens with zero attached hydrogens (tertiary/aromatic N) is 1. The predicted molar refractivity (Wildman–Crippen MR) is 374 cm³/mol. The van der Waals surface area contributed by atoms with E-state index in [2.05, 4.69) is 10.7 Å². The highest BCUT2D eigenvalue weighted by molar-refractivity contribution is 5.77. The quantitative estimate of drug-likeness (QED) is 0.0214. The first-order valence-corrected chi connectivity index (χ1v) is 31.5. The molecule has 2 aromatic rings. The molecule has 0 heterocycles. The first-order valence-electron chi connectivity index (χ1n) is 31.5. The van der Waals surface area contributed by atoms with E-state index < -0.39 is 114 Å². The number of nitrogens with two attached hydrogens (primary N) is 15. The largest absolute Gasteiger partial charge is 0.480 e. The van der Waals surface area contributed by atoms with Gasteiger partial charge in [0.15, 0.2) is 5.96 Å². The minimum atomic E-state index is -1.00. The first-order chi connectivity index (χ1) is 45.5. The second-order valence-corrected chi connectivity index (χ2v) is 22.0. The Morgan fingerprint density at radius 3 is 0.776 bits per heavy atom. The van der Waals surface area contributed by atoms with Crippen molar-refractivity contribution in [3.05, 3.63) is 71.8 Å². The van der Waals surface area contributed by atoms with Gasteiger partial charge in [-0.15, -0.1) is 0 Å². The molecule has 98 heavy (non-hydrogen) atoms. The Balaban J connectivity index is -0.000000154. The number of rotatable bonds is 36. The number of aliphatic imine (C=N–C) groups is 1. The van der Waals surface area contributed by atoms with Crippen molar-refractivity contribution in [1.82, 2.24) is 0 Å². The molecule has 0 aliphatic heterocycles. The molecule has 0 aromatic heterocycles. The van der Waals surface area contributed by atoms with E-state index in [0.29, 0.717) is 83.5 Å². The molecule has 0 fully saturated rings. The van der Waals surface area contributed by atoms with Crippen LogP contribution in [-0.2, 0) is 60.8 Å². The fraction of sp³-hybridized carbons (Fsp3) is 0.629. The van der Waals surface area contributed by atoms with Gasteiger partial charge in [-0.1, -0.05) is 134 Å². The lowest BCUT2D eigenvalue weighted by atomic mass is 10.0. The maximum absolute atomic E-state index is 10.4. The number of carbonyl (C=O) groups is 10. The SMILES string of the molecule is CC(C)C[C@H](N)C(=O)O.CC[C@H](C)[C@H](N)C(=O)O.CC[C@H](C)[C@H](N)C(=O)O.NC(N)=NCCC[C@H](N)C(=O)O.NCC(=O)O.NCCCC[C@H](N)C(=O)O.NCCCC[C@H](N)C(=O)O.NCCCC[C@H](N)C(=O)O.N[C@@H](Cc1ccccc1)C(=O)O.N[C@@H](Cc1ccccc1)C(=O)O. The van der Waals surface area contributed by atoms with Gasteiger partial charge in [0, 0.05) is 6.54 Å². The molecule has 0 saturated heterocycles. The summed E-state index contributed by atoms with van der Waals surface area (Å²) in [7, 11) is 0. The number of carboxylic acids is 10. The molecule has 36 heteroatoms. The van der Waals surface area contributed by atoms with Crippen molar-refractivity contribution in [2.45, 2.75) is 199 Å². The third kappa shape index (κ3) is 78.6. The molecule has 0 aliphatic rings. The van der Waals surface area contributed by atoms with E-state index >= 15 is 0 Å². The molecule has 0 radical (unpaired) electrons. The zero-order valence-electron chi connectivity index (χ0n) is 57.7. The number of aliphatic carboxylic acids is 10. The average Bonchev–Trinajstić information content (AvgIpc) is 1.29. The van der Waals surface area contributed by atoms with Crippen LogP contribution in [0.25, 0.3) is 0 Å². The number of hydrogen-bond acceptors (Lipinski definition) is 24. The first kappa shape index (κ1) is 106. The summed E-state index contributed by atoms with van der Waals surface area (Å²) in [5.74, 6) is -8.91. The lowest BCUT2D eigenvalue weighted by molar-refractivity contribution is -0.140. The highest BCUT2D eigenvalue weighted by Crippen LogP contribution is 2.07. The fourth-order valence-electron chi connectivity index (χ4n) is 6.05. The molecule has 11 atom stereocenters. The summed E-state index contributed by atoms with van der Waals surface area (Å²) < 4.78 is 0. The van der Waals surface area contributed by atoms with Crippen molar-refractivity contribution < 1.29 is 99.0 Å². The van der Waals surface area contributed by atoms with Crippen LogP contribution in [0.2, 0.25) is 0 Å². The van der Waals surface area contributed by atoms with E-state index in [1.165, 1.54) is 0 Å². The van der Waals surface area contributed by atoms with Crippen molar-refractivity contribution in [2.75, 3.05) is 32.7 Å². The molecule has 0 aliphatic carbocycles. The molecule has 2 rings (SSSR count). The van der Waals surface area contributed by atoms with Crippen molar-refractivity contribution in [3.8, 4) is 0 Å². The Labute approximate surface area is 574 Å². The summed E-state index contributed by atoms with van der Waals surface area (Å²) in [6, 6.07) is 12.0. The van der Waals surface area contributed by atoms with E-state index in [-0.39, 0.29) is 24.3 Å². The van der Waals surface area contributed by atoms with Crippen molar-refractivity contribution in [3.63, 3.8) is 0 Å². The lowest BCUT2D eigenvalue weighted by Gasteiger charge is -2.11. The topological polar surface area (TPSA) is 776 Å². The summed E-state index contributed by atoms with van der Waals surface area (Å²) >= 11 is 0. The molecular weight excluding hydrogens is 1290 g/mol. The van der Waals surface area contributed by atoms with E-state index in [1.54, 1.807) is 0 Å². The predicted octanol–water partition coefficient (Wildman–Crippen LogP) is -1.32. The fourth-order valence-corrected chi connectivity index (χ4v) is 6.05. The van der Waals surface area contributed by atoms with E-state index in [1.807, 2.05) is 102 Å². The van der Waals surface area contributed by atoms with E-state index in [0.717, 1.165) is 62.5 Å². The third-order valence-electron chi connectivity index (χ3n) is 12.7. The Kier molecular flexibility index (Phi) is 75.9. The summed E-state index contributed by atoms with van der Waals surface area (Å²) in [6.07, 6.45) is 10.4. The van der Waals surface area contributed by atoms with Crippen LogP contribution in [0.1, 0.15) is 143 Å². The molecule has 2 aromatic carbocycles. The molecule has 0 unspecified atom stereocenters. The Morgan fingerprint density at radius 2 is 0.612 bits per heavy atom. The van der Waals surface area contributed by atoms with Gasteiger partial charge >= 0.3 is 59.7 Å². The molecule has 0 spiro atoms. The highest BCUT2D eigenvalue weighted by Gasteiger charge is 2.19. The molecule has 40 N–H and O–H groups in total. The second kappa shape index (κ2) is 70.2.